The van der Waals surface area contributed by atoms with E-state index in [0.29, 0.717) is 48.6 Å². The molecule has 14 rings (SSSR count). The van der Waals surface area contributed by atoms with E-state index in [2.05, 4.69) is 220 Å². The second kappa shape index (κ2) is 34.9. The van der Waals surface area contributed by atoms with E-state index in [4.69, 9.17) is 14.2 Å². The van der Waals surface area contributed by atoms with E-state index in [1.54, 1.807) is 37.3 Å². The molecule has 0 spiro atoms. The first-order valence-electron chi connectivity index (χ1n) is 42.0. The molecule has 6 aliphatic rings. The number of aryl methyl sites for hydroxylation is 2. The number of nitrogens with zero attached hydrogens (tertiary/aromatic N) is 4. The Morgan fingerprint density at radius 3 is 1.97 bits per heavy atom. The highest BCUT2D eigenvalue weighted by molar-refractivity contribution is 9.10. The lowest BCUT2D eigenvalue weighted by atomic mass is 9.77. The molecule has 4 amide bonds. The van der Waals surface area contributed by atoms with Crippen LogP contribution in [-0.2, 0) is 70.6 Å². The number of aromatic amines is 1. The van der Waals surface area contributed by atoms with Crippen molar-refractivity contribution in [3.05, 3.63) is 193 Å². The number of likely N-dealkylation sites (N-methyl/N-ethyl adjacent to an activating group) is 1. The Morgan fingerprint density at radius 2 is 1.38 bits per heavy atom. The van der Waals surface area contributed by atoms with Gasteiger partial charge in [-0.25, -0.2) is 17.9 Å². The number of anilines is 1. The summed E-state index contributed by atoms with van der Waals surface area (Å²) in [5.41, 5.74) is 14.1. The summed E-state index contributed by atoms with van der Waals surface area (Å²) in [4.78, 5) is 66.0. The number of H-pyrrole nitrogens is 1. The minimum atomic E-state index is -4.04. The van der Waals surface area contributed by atoms with Crippen LogP contribution in [0.5, 0.6) is 11.5 Å². The number of aromatic nitrogens is 2. The van der Waals surface area contributed by atoms with Crippen LogP contribution in [0, 0.1) is 31.6 Å². The molecule has 19 nitrogen and oxygen atoms in total. The molecule has 3 saturated heterocycles. The zero-order chi connectivity index (χ0) is 87.1. The van der Waals surface area contributed by atoms with Gasteiger partial charge in [0.2, 0.25) is 11.6 Å². The van der Waals surface area contributed by atoms with Crippen molar-refractivity contribution >= 4 is 106 Å². The van der Waals surface area contributed by atoms with Gasteiger partial charge in [0.15, 0.2) is 0 Å². The molecule has 6 N–H and O–H groups in total. The Hall–Kier alpha value is -8.03. The lowest BCUT2D eigenvalue weighted by Gasteiger charge is -2.51. The SMILES string of the molecule is C.C=C1[C@H](CC(C)C)N2C(=O)[C@@](NC(=O)[C@@H]3C=C4c5cccc6[nH]c(Br)c(c56)C[C@H]4N(C)C3)(C(C)C)O[C@@]2(O)[C@@H]2CCCN12.COc1cc(C(=O)NS(=O)(=O)c2ccccc2C)ccc1Cc1cn(C)c2ccc(NC(=O)OC3CCCC3)cc12.Cc1c(C(C)(C)C)cc(SC(C)(C)Sc2cc(C(C)(C)C)c(O)c(C(C)(C)C)c2)cc1C(C)(C)C. The average Bonchev–Trinajstić information content (AvgIpc) is 1.53. The highest BCUT2D eigenvalue weighted by atomic mass is 79.9. The maximum atomic E-state index is 14.5. The summed E-state index contributed by atoms with van der Waals surface area (Å²) in [6.07, 6.45) is 11.1. The second-order valence-corrected chi connectivity index (χ2v) is 44.9. The quantitative estimate of drug-likeness (QED) is 0.0367. The molecule has 6 atom stereocenters. The smallest absolute Gasteiger partial charge is 0.411 e. The van der Waals surface area contributed by atoms with Gasteiger partial charge in [-0.2, -0.15) is 0 Å². The van der Waals surface area contributed by atoms with Gasteiger partial charge in [0.05, 0.1) is 32.6 Å². The van der Waals surface area contributed by atoms with Crippen molar-refractivity contribution in [2.45, 2.75) is 280 Å². The van der Waals surface area contributed by atoms with Crippen molar-refractivity contribution in [1.82, 2.24) is 34.3 Å². The van der Waals surface area contributed by atoms with Crippen molar-refractivity contribution in [2.24, 2.45) is 24.8 Å². The third-order valence-electron chi connectivity index (χ3n) is 24.3. The normalized spacial score (nSPS) is 20.8. The number of hydrogen-bond donors (Lipinski definition) is 6. The standard InChI is InChI=1S/C33H42BrN5O4.C32H50OS2.C31H33N3O6S.CH4/c1-17(2)13-25-19(5)38-12-8-11-27(38)33(42)39(25)31(41)32(43-33,18(3)4)36-30(40)20-14-22-21-9-7-10-24-28(21)23(29(34)35-24)15-26(22)37(6)16-20;1-20-23(28(2,3)4)16-21(17-24(20)29(5,6)7)34-32(14,15)35-22-18-25(30(8,9)10)27(33)26(19-22)31(11,12)13;1-20-8-4-7-11-29(20)41(37,38)33-30(35)22-13-12-21(28(17-22)39-3)16-23-19-34(2)27-15-14-24(18-26(23)27)32-31(36)40-25-9-5-6-10-25;/h7,9-10,14,17-18,20,25-27,35,42H,5,8,11-13,15-16H2,1-4,6H3,(H,36,40);16-19,33H,1-15H3;4,7-8,11-15,17-19,25H,5-6,9-10,16H2,1-3H3,(H,32,36)(H,33,35);1H4/t20-,25+,26-,27+,32-,33+;;;/m1.../s1. The lowest BCUT2D eigenvalue weighted by Crippen LogP contribution is -2.67. The number of halogens is 1. The van der Waals surface area contributed by atoms with Gasteiger partial charge in [-0.3, -0.25) is 34.2 Å². The zero-order valence-electron chi connectivity index (χ0n) is 74.0. The molecule has 1 saturated carbocycles. The number of aliphatic hydroxyl groups is 1. The van der Waals surface area contributed by atoms with E-state index >= 15 is 0 Å². The first-order chi connectivity index (χ1) is 55.4. The number of thioether (sulfide) groups is 2. The van der Waals surface area contributed by atoms with Crippen LogP contribution in [0.4, 0.5) is 10.5 Å². The zero-order valence-corrected chi connectivity index (χ0v) is 78.0. The number of nitrogens with one attached hydrogen (secondary N) is 4. The molecule has 0 unspecified atom stereocenters. The van der Waals surface area contributed by atoms with Gasteiger partial charge in [0.1, 0.15) is 23.6 Å². The molecule has 8 aromatic rings. The van der Waals surface area contributed by atoms with Crippen molar-refractivity contribution in [3.8, 4) is 11.5 Å². The number of phenolic OH excluding ortho intramolecular Hbond substituents is 1. The van der Waals surface area contributed by atoms with Gasteiger partial charge in [0.25, 0.3) is 27.7 Å². The minimum absolute atomic E-state index is 0. The Bertz CT molecular complexity index is 5240. The van der Waals surface area contributed by atoms with Crippen LogP contribution in [-0.4, -0.2) is 134 Å². The third-order valence-corrected chi connectivity index (χ3v) is 28.9. The number of rotatable bonds is 17. The van der Waals surface area contributed by atoms with Crippen LogP contribution in [0.2, 0.25) is 0 Å². The molecule has 2 aliphatic carbocycles. The predicted molar refractivity (Wildman–Crippen MR) is 492 cm³/mol. The molecule has 4 aliphatic heterocycles. The number of carbonyl (C=O) groups is 4. The Labute approximate surface area is 729 Å². The molecule has 120 heavy (non-hydrogen) atoms. The van der Waals surface area contributed by atoms with Crippen LogP contribution < -0.4 is 20.1 Å². The lowest BCUT2D eigenvalue weighted by molar-refractivity contribution is -0.322. The molecule has 2 aromatic heterocycles. The van der Waals surface area contributed by atoms with E-state index in [-0.39, 0.29) is 67.6 Å². The number of piperazine rings is 1. The summed E-state index contributed by atoms with van der Waals surface area (Å²) in [6.45, 7) is 49.1. The highest BCUT2D eigenvalue weighted by Crippen LogP contribution is 2.54. The van der Waals surface area contributed by atoms with E-state index < -0.39 is 63.5 Å². The molecular formula is C97H129BrN8O11S3. The van der Waals surface area contributed by atoms with Gasteiger partial charge in [0, 0.05) is 104 Å². The molecule has 0 radical (unpaired) electrons. The second-order valence-electron chi connectivity index (χ2n) is 38.8. The molecule has 6 heterocycles. The summed E-state index contributed by atoms with van der Waals surface area (Å²) < 4.78 is 48.4. The fourth-order valence-electron chi connectivity index (χ4n) is 18.3. The van der Waals surface area contributed by atoms with Gasteiger partial charge in [-0.15, -0.1) is 23.5 Å². The first kappa shape index (κ1) is 92.7. The van der Waals surface area contributed by atoms with E-state index in [0.717, 1.165) is 105 Å². The van der Waals surface area contributed by atoms with Gasteiger partial charge < -0.3 is 39.5 Å². The van der Waals surface area contributed by atoms with Crippen LogP contribution in [0.25, 0.3) is 27.4 Å². The summed E-state index contributed by atoms with van der Waals surface area (Å²) in [5.74, 6) is -3.03. The average molecular weight is 1760 g/mol. The molecule has 648 valence electrons. The number of aromatic hydroxyl groups is 1. The largest absolute Gasteiger partial charge is 0.507 e. The third kappa shape index (κ3) is 19.0. The maximum Gasteiger partial charge on any atom is 0.411 e. The summed E-state index contributed by atoms with van der Waals surface area (Å²) in [5, 5.41) is 31.5. The monoisotopic (exact) mass is 1760 g/mol. The number of fused-ring (bicyclic) bond motifs is 6. The minimum Gasteiger partial charge on any atom is -0.507 e. The molecule has 6 aromatic carbocycles. The first-order valence-corrected chi connectivity index (χ1v) is 45.9. The molecule has 0 bridgehead atoms. The number of hydrogen-bond acceptors (Lipinski definition) is 15. The number of ether oxygens (including phenoxy) is 3. The van der Waals surface area contributed by atoms with Crippen LogP contribution >= 0.6 is 39.5 Å². The Kier molecular flexibility index (Phi) is 27.0. The number of methoxy groups -OCH3 is 1. The van der Waals surface area contributed by atoms with Crippen molar-refractivity contribution in [3.63, 3.8) is 0 Å². The van der Waals surface area contributed by atoms with Crippen molar-refractivity contribution in [1.29, 1.82) is 0 Å². The maximum absolute atomic E-state index is 14.5. The molecular weight excluding hydrogens is 1630 g/mol. The number of sulfonamides is 1. The fourth-order valence-corrected chi connectivity index (χ4v) is 22.7. The van der Waals surface area contributed by atoms with Crippen molar-refractivity contribution < 1.29 is 52.0 Å². The van der Waals surface area contributed by atoms with Crippen LogP contribution in [0.3, 0.4) is 0 Å². The fraction of sp³-hybridized carbons (Fsp3) is 0.505. The predicted octanol–water partition coefficient (Wildman–Crippen LogP) is 21.0. The highest BCUT2D eigenvalue weighted by Gasteiger charge is 2.71. The topological polar surface area (TPSA) is 237 Å². The van der Waals surface area contributed by atoms with Crippen molar-refractivity contribution in [2.75, 3.05) is 32.6 Å². The Balaban J connectivity index is 0.000000177. The molecule has 4 fully saturated rings. The van der Waals surface area contributed by atoms with E-state index in [1.165, 1.54) is 61.6 Å². The summed E-state index contributed by atoms with van der Waals surface area (Å²) in [7, 11) is 1.47. The van der Waals surface area contributed by atoms with E-state index in [1.807, 2.05) is 79.4 Å². The van der Waals surface area contributed by atoms with E-state index in [9.17, 15) is 37.8 Å². The summed E-state index contributed by atoms with van der Waals surface area (Å²) >= 11 is 7.55. The molecule has 23 heteroatoms. The number of amides is 4. The van der Waals surface area contributed by atoms with Crippen LogP contribution in [0.15, 0.2) is 147 Å². The number of phenols is 1. The number of carbonyl (C=O) groups excluding carboxylic acids is 4. The summed E-state index contributed by atoms with van der Waals surface area (Å²) in [6, 6.07) is 31.8. The van der Waals surface area contributed by atoms with Gasteiger partial charge in [-0.1, -0.05) is 167 Å². The van der Waals surface area contributed by atoms with Gasteiger partial charge >= 0.3 is 6.09 Å². The van der Waals surface area contributed by atoms with Crippen LogP contribution in [0.1, 0.15) is 243 Å². The Morgan fingerprint density at radius 1 is 0.775 bits per heavy atom. The number of benzene rings is 6. The van der Waals surface area contributed by atoms with Gasteiger partial charge in [-0.05, 0) is 246 Å².